The van der Waals surface area contributed by atoms with E-state index in [2.05, 4.69) is 24.8 Å². The second-order valence-corrected chi connectivity index (χ2v) is 23.9. The SMILES string of the molecule is COC(=O)C(C)=CCC12OC(C)(C)C3CC(C1=O)C(N1CCCCC1)C1C(=O)c4c(OC(=O)c5ccc(O[C@@H]6O[C@@H]7COC(C)(C)O[C@H]7[C@@H](O)[C@H]6O)cc5)c5c(c(CC=C(C)C)c4OC132)OC(C)(CCC=C(C)C)C=C5. The molecule has 12 atom stereocenters. The second kappa shape index (κ2) is 19.9. The third-order valence-electron chi connectivity index (χ3n) is 17.2. The number of ketones is 2. The number of carbonyl (C=O) groups excluding carboxylic acids is 4. The monoisotopic (exact) mass is 1050 g/mol. The van der Waals surface area contributed by atoms with Crippen LogP contribution in [0.25, 0.3) is 6.08 Å². The van der Waals surface area contributed by atoms with Crippen molar-refractivity contribution < 1.29 is 72.0 Å². The third kappa shape index (κ3) is 9.06. The molecule has 2 N–H and O–H groups in total. The summed E-state index contributed by atoms with van der Waals surface area (Å²) in [5.74, 6) is -3.99. The number of aliphatic hydroxyl groups is 2. The lowest BCUT2D eigenvalue weighted by atomic mass is 9.44. The van der Waals surface area contributed by atoms with Gasteiger partial charge < -0.3 is 52.8 Å². The average molecular weight is 1050 g/mol. The Labute approximate surface area is 445 Å². The van der Waals surface area contributed by atoms with Gasteiger partial charge >= 0.3 is 11.9 Å². The highest BCUT2D eigenvalue weighted by Gasteiger charge is 2.86. The van der Waals surface area contributed by atoms with Crippen molar-refractivity contribution in [3.63, 3.8) is 0 Å². The van der Waals surface area contributed by atoms with Gasteiger partial charge in [-0.05, 0) is 157 Å². The maximum Gasteiger partial charge on any atom is 0.343 e. The number of nitrogens with zero attached hydrogens (tertiary/aromatic N) is 1. The minimum atomic E-state index is -1.69. The molecule has 3 aliphatic carbocycles. The van der Waals surface area contributed by atoms with Crippen molar-refractivity contribution >= 4 is 29.6 Å². The van der Waals surface area contributed by atoms with E-state index >= 15 is 9.59 Å². The van der Waals surface area contributed by atoms with Gasteiger partial charge in [-0.2, -0.15) is 0 Å². The summed E-state index contributed by atoms with van der Waals surface area (Å²) in [6.07, 6.45) is 8.95. The van der Waals surface area contributed by atoms with E-state index in [1.54, 1.807) is 26.8 Å². The summed E-state index contributed by atoms with van der Waals surface area (Å²) in [4.78, 5) is 62.5. The molecule has 4 bridgehead atoms. The number of allylic oxidation sites excluding steroid dienone is 4. The lowest BCUT2D eigenvalue weighted by Crippen LogP contribution is -2.82. The van der Waals surface area contributed by atoms with Crippen LogP contribution in [0.2, 0.25) is 0 Å². The predicted octanol–water partition coefficient (Wildman–Crippen LogP) is 8.36. The van der Waals surface area contributed by atoms with Crippen LogP contribution in [-0.2, 0) is 39.7 Å². The maximum atomic E-state index is 16.7. The summed E-state index contributed by atoms with van der Waals surface area (Å²) in [5.41, 5.74) is -1.37. The molecule has 16 nitrogen and oxygen atoms in total. The molecule has 0 radical (unpaired) electrons. The van der Waals surface area contributed by atoms with Crippen LogP contribution in [0.5, 0.6) is 23.0 Å². The van der Waals surface area contributed by atoms with Crippen LogP contribution in [0.3, 0.4) is 0 Å². The van der Waals surface area contributed by atoms with Gasteiger partial charge in [0.15, 0.2) is 34.3 Å². The average Bonchev–Trinajstić information content (AvgIpc) is 2.62. The number of carbonyl (C=O) groups is 4. The minimum absolute atomic E-state index is 0.0192. The molecule has 0 aromatic heterocycles. The van der Waals surface area contributed by atoms with Crippen molar-refractivity contribution in [1.29, 1.82) is 0 Å². The number of rotatable bonds is 13. The quantitative estimate of drug-likeness (QED) is 0.0840. The van der Waals surface area contributed by atoms with Crippen LogP contribution in [0.1, 0.15) is 146 Å². The van der Waals surface area contributed by atoms with Gasteiger partial charge in [-0.25, -0.2) is 9.59 Å². The van der Waals surface area contributed by atoms with Crippen molar-refractivity contribution in [3.05, 3.63) is 87.5 Å². The van der Waals surface area contributed by atoms with E-state index < -0.39 is 94.6 Å². The number of hydrogen-bond acceptors (Lipinski definition) is 16. The highest BCUT2D eigenvalue weighted by Crippen LogP contribution is 2.71. The van der Waals surface area contributed by atoms with E-state index in [1.807, 2.05) is 52.8 Å². The Morgan fingerprint density at radius 3 is 2.28 bits per heavy atom. The van der Waals surface area contributed by atoms with Crippen LogP contribution in [0.4, 0.5) is 0 Å². The first-order chi connectivity index (χ1) is 35.9. The van der Waals surface area contributed by atoms with E-state index in [0.29, 0.717) is 48.4 Å². The van der Waals surface area contributed by atoms with E-state index in [-0.39, 0.29) is 59.4 Å². The number of Topliss-reactive ketones (excluding diaryl/α,β-unsaturated/α-hetero) is 2. The van der Waals surface area contributed by atoms with Crippen molar-refractivity contribution in [3.8, 4) is 23.0 Å². The number of likely N-dealkylation sites (tertiary alicyclic amines) is 1. The lowest BCUT2D eigenvalue weighted by Gasteiger charge is -2.64. The summed E-state index contributed by atoms with van der Waals surface area (Å²) >= 11 is 0. The predicted molar refractivity (Wildman–Crippen MR) is 279 cm³/mol. The number of ether oxygens (including phenoxy) is 9. The van der Waals surface area contributed by atoms with Crippen LogP contribution in [0, 0.1) is 17.8 Å². The molecule has 7 unspecified atom stereocenters. The first-order valence-electron chi connectivity index (χ1n) is 27.1. The van der Waals surface area contributed by atoms with Gasteiger partial charge in [0.1, 0.15) is 52.8 Å². The fourth-order valence-electron chi connectivity index (χ4n) is 13.6. The first-order valence-corrected chi connectivity index (χ1v) is 27.1. The topological polar surface area (TPSA) is 195 Å². The fraction of sp³-hybridized carbons (Fsp3) is 0.600. The fourth-order valence-corrected chi connectivity index (χ4v) is 13.6. The Bertz CT molecular complexity index is 2790. The lowest BCUT2D eigenvalue weighted by molar-refractivity contribution is -0.373. The Hall–Kier alpha value is -5.20. The molecule has 0 amide bonds. The highest BCUT2D eigenvalue weighted by atomic mass is 16.8. The van der Waals surface area contributed by atoms with Crippen molar-refractivity contribution in [2.45, 2.75) is 186 Å². The van der Waals surface area contributed by atoms with Gasteiger partial charge in [-0.15, -0.1) is 0 Å². The van der Waals surface area contributed by atoms with E-state index in [0.717, 1.165) is 31.3 Å². The molecular weight excluding hydrogens is 975 g/mol. The molecule has 7 fully saturated rings. The number of methoxy groups -OCH3 is 1. The molecule has 3 saturated carbocycles. The second-order valence-electron chi connectivity index (χ2n) is 23.9. The number of benzene rings is 2. The van der Waals surface area contributed by atoms with E-state index in [9.17, 15) is 19.8 Å². The summed E-state index contributed by atoms with van der Waals surface area (Å²) in [7, 11) is 1.31. The van der Waals surface area contributed by atoms with Gasteiger partial charge in [0.25, 0.3) is 0 Å². The zero-order valence-electron chi connectivity index (χ0n) is 45.8. The van der Waals surface area contributed by atoms with Gasteiger partial charge in [0.2, 0.25) is 6.29 Å². The van der Waals surface area contributed by atoms with Crippen molar-refractivity contribution in [2.75, 3.05) is 26.8 Å². The zero-order valence-corrected chi connectivity index (χ0v) is 45.8. The first kappa shape index (κ1) is 54.2. The number of piperidine rings is 1. The minimum Gasteiger partial charge on any atom is -0.482 e. The molecular formula is C60H75NO15. The number of fused-ring (bicyclic) bond motifs is 3. The third-order valence-corrected chi connectivity index (χ3v) is 17.2. The van der Waals surface area contributed by atoms with Gasteiger partial charge in [0, 0.05) is 35.4 Å². The van der Waals surface area contributed by atoms with E-state index in [4.69, 9.17) is 42.6 Å². The molecule has 6 heterocycles. The Morgan fingerprint density at radius 2 is 1.59 bits per heavy atom. The molecule has 2 aromatic carbocycles. The normalized spacial score (nSPS) is 34.6. The van der Waals surface area contributed by atoms with Gasteiger partial charge in [-0.1, -0.05) is 35.8 Å². The Kier molecular flexibility index (Phi) is 14.2. The molecule has 76 heavy (non-hydrogen) atoms. The highest BCUT2D eigenvalue weighted by molar-refractivity contribution is 6.11. The summed E-state index contributed by atoms with van der Waals surface area (Å²) in [6.45, 7) is 20.6. The van der Waals surface area contributed by atoms with Crippen molar-refractivity contribution in [2.24, 2.45) is 17.8 Å². The molecule has 1 spiro atoms. The van der Waals surface area contributed by atoms with E-state index in [1.165, 1.54) is 36.9 Å². The molecule has 6 aliphatic heterocycles. The Balaban J connectivity index is 1.11. The molecule has 4 saturated heterocycles. The van der Waals surface area contributed by atoms with Crippen molar-refractivity contribution in [1.82, 2.24) is 4.90 Å². The summed E-state index contributed by atoms with van der Waals surface area (Å²) in [5, 5.41) is 22.1. The van der Waals surface area contributed by atoms with Crippen LogP contribution >= 0.6 is 0 Å². The standard InChI is InChI=1S/C60H75NO15/c1-32(2)16-15-25-58(10)26-24-38-48(74-58)37(22-17-33(3)4)50-42(49(38)72-54(67)35-18-20-36(21-19-35)70-55-47(64)46(63)51-40(71-55)31-69-57(8,9)73-51)45(62)43-44(61-28-13-12-14-29-61)39-30-41-56(6,7)76-59(52(39)65,60(41,43)75-50)27-23-34(5)53(66)68-11/h16-21,23-24,26,39-41,43-44,46-47,51,55,63-64H,12-15,22,25,27-31H2,1-11H3/t39?,40-,41?,43?,44?,46+,47-,51-,55-,58?,59?,60?/m1/s1. The molecule has 16 heteroatoms. The molecule has 410 valence electrons. The maximum absolute atomic E-state index is 16.7. The van der Waals surface area contributed by atoms with Gasteiger partial charge in [-0.3, -0.25) is 14.5 Å². The molecule has 2 aromatic rings. The number of hydrogen-bond donors (Lipinski definition) is 2. The Morgan fingerprint density at radius 1 is 0.882 bits per heavy atom. The number of aliphatic hydroxyl groups excluding tert-OH is 2. The largest absolute Gasteiger partial charge is 0.482 e. The van der Waals surface area contributed by atoms with Gasteiger partial charge in [0.05, 0.1) is 36.4 Å². The number of esters is 2. The molecule has 9 aliphatic rings. The smallest absolute Gasteiger partial charge is 0.343 e. The summed E-state index contributed by atoms with van der Waals surface area (Å²) in [6, 6.07) is 5.52. The van der Waals surface area contributed by atoms with Crippen LogP contribution in [0.15, 0.2) is 65.3 Å². The summed E-state index contributed by atoms with van der Waals surface area (Å²) < 4.78 is 57.6. The zero-order chi connectivity index (χ0) is 54.4. The van der Waals surface area contributed by atoms with Crippen LogP contribution in [-0.4, -0.2) is 130 Å². The molecule has 11 rings (SSSR count). The van der Waals surface area contributed by atoms with Crippen LogP contribution < -0.4 is 18.9 Å².